The molecule has 0 heterocycles. The van der Waals surface area contributed by atoms with E-state index >= 15 is 0 Å². The van der Waals surface area contributed by atoms with Gasteiger partial charge in [-0.05, 0) is 0 Å². The summed E-state index contributed by atoms with van der Waals surface area (Å²) in [5.74, 6) is 0. The van der Waals surface area contributed by atoms with Gasteiger partial charge in [-0.15, -0.1) is 0 Å². The third kappa shape index (κ3) is 17.7. The minimum absolute atomic E-state index is 0. The van der Waals surface area contributed by atoms with E-state index in [-0.39, 0.29) is 66.0 Å². The minimum Gasteiger partial charge on any atom is -0.394 e. The van der Waals surface area contributed by atoms with Gasteiger partial charge in [-0.1, -0.05) is 0 Å². The second-order valence-electron chi connectivity index (χ2n) is 1.02. The first-order chi connectivity index (χ1) is 2.81. The van der Waals surface area contributed by atoms with Crippen LogP contribution in [0, 0.1) is 0 Å². The van der Waals surface area contributed by atoms with Crippen molar-refractivity contribution in [3.63, 3.8) is 0 Å². The normalized spacial score (nSPS) is 6.67. The molecule has 0 spiro atoms. The van der Waals surface area contributed by atoms with Crippen LogP contribution in [-0.2, 0) is 52.7 Å². The molecular formula is C3H8CoNiO3Zn. The molecule has 0 aliphatic rings. The first-order valence-corrected chi connectivity index (χ1v) is 1.71. The fourth-order valence-corrected chi connectivity index (χ4v) is 0.0577. The van der Waals surface area contributed by atoms with E-state index in [1.165, 1.54) is 0 Å². The average molecular weight is 275 g/mol. The summed E-state index contributed by atoms with van der Waals surface area (Å²) in [6.07, 6.45) is -0.954. The molecule has 0 fully saturated rings. The topological polar surface area (TPSA) is 60.7 Å². The van der Waals surface area contributed by atoms with E-state index in [1.54, 1.807) is 0 Å². The van der Waals surface area contributed by atoms with Gasteiger partial charge >= 0.3 is 0 Å². The quantitative estimate of drug-likeness (QED) is 0.528. The monoisotopic (exact) mass is 273 g/mol. The van der Waals surface area contributed by atoms with Crippen molar-refractivity contribution in [1.82, 2.24) is 0 Å². The molecule has 1 radical (unpaired) electrons. The Morgan fingerprint density at radius 1 is 1.11 bits per heavy atom. The molecule has 0 saturated carbocycles. The molecule has 0 aromatic carbocycles. The molecule has 59 valence electrons. The van der Waals surface area contributed by atoms with Crippen molar-refractivity contribution in [2.75, 3.05) is 13.2 Å². The first kappa shape index (κ1) is 22.4. The van der Waals surface area contributed by atoms with Crippen LogP contribution in [0.2, 0.25) is 0 Å². The molecule has 0 aliphatic heterocycles. The van der Waals surface area contributed by atoms with Gasteiger partial charge in [0.25, 0.3) is 0 Å². The molecule has 6 heteroatoms. The Morgan fingerprint density at radius 3 is 1.33 bits per heavy atom. The Morgan fingerprint density at radius 2 is 1.33 bits per heavy atom. The molecule has 3 N–H and O–H groups in total. The molecule has 0 saturated heterocycles. The number of rotatable bonds is 2. The summed E-state index contributed by atoms with van der Waals surface area (Å²) in [6, 6.07) is 0. The van der Waals surface area contributed by atoms with E-state index in [2.05, 4.69) is 0 Å². The maximum Gasteiger partial charge on any atom is 0.100 e. The fraction of sp³-hybridized carbons (Fsp3) is 1.00. The molecule has 0 aliphatic carbocycles. The predicted molar refractivity (Wildman–Crippen MR) is 20.2 cm³/mol. The Bertz CT molecular complexity index is 38.2. The van der Waals surface area contributed by atoms with Crippen molar-refractivity contribution >= 4 is 0 Å². The van der Waals surface area contributed by atoms with Crippen LogP contribution >= 0.6 is 0 Å². The Labute approximate surface area is 87.1 Å². The molecule has 0 aromatic heterocycles. The van der Waals surface area contributed by atoms with Crippen molar-refractivity contribution in [2.45, 2.75) is 6.10 Å². The van der Waals surface area contributed by atoms with E-state index in [0.717, 1.165) is 0 Å². The third-order valence-electron chi connectivity index (χ3n) is 0.421. The zero-order chi connectivity index (χ0) is 4.99. The van der Waals surface area contributed by atoms with Crippen molar-refractivity contribution in [2.24, 2.45) is 0 Å². The van der Waals surface area contributed by atoms with Gasteiger partial charge in [0.15, 0.2) is 0 Å². The minimum atomic E-state index is -0.954. The zero-order valence-electron chi connectivity index (χ0n) is 4.69. The summed E-state index contributed by atoms with van der Waals surface area (Å²) in [5.41, 5.74) is 0. The van der Waals surface area contributed by atoms with Gasteiger partial charge in [0.05, 0.1) is 13.2 Å². The Hall–Kier alpha value is 1.50. The van der Waals surface area contributed by atoms with Crippen LogP contribution < -0.4 is 0 Å². The van der Waals surface area contributed by atoms with Gasteiger partial charge in [-0.25, -0.2) is 0 Å². The fourth-order valence-electron chi connectivity index (χ4n) is 0.0577. The van der Waals surface area contributed by atoms with Crippen molar-refractivity contribution in [1.29, 1.82) is 0 Å². The van der Waals surface area contributed by atoms with E-state index in [1.807, 2.05) is 0 Å². The summed E-state index contributed by atoms with van der Waals surface area (Å²) in [6.45, 7) is -0.729. The largest absolute Gasteiger partial charge is 0.394 e. The summed E-state index contributed by atoms with van der Waals surface area (Å²) < 4.78 is 0. The van der Waals surface area contributed by atoms with Gasteiger partial charge in [0.2, 0.25) is 0 Å². The Balaban J connectivity index is -0.0000000417. The molecule has 0 rings (SSSR count). The van der Waals surface area contributed by atoms with Crippen LogP contribution in [-0.4, -0.2) is 34.6 Å². The Kier molecular flexibility index (Phi) is 40.5. The van der Waals surface area contributed by atoms with Gasteiger partial charge in [-0.2, -0.15) is 0 Å². The van der Waals surface area contributed by atoms with E-state index in [4.69, 9.17) is 15.3 Å². The summed E-state index contributed by atoms with van der Waals surface area (Å²) in [4.78, 5) is 0. The standard InChI is InChI=1S/C3H8O3.Co.Ni.Zn/c4-1-3(6)2-5;;;/h3-6H,1-2H2;;;. The molecule has 9 heavy (non-hydrogen) atoms. The van der Waals surface area contributed by atoms with E-state index in [9.17, 15) is 0 Å². The van der Waals surface area contributed by atoms with Gasteiger partial charge < -0.3 is 15.3 Å². The van der Waals surface area contributed by atoms with Crippen molar-refractivity contribution < 1.29 is 68.1 Å². The molecule has 0 atom stereocenters. The average Bonchev–Trinajstić information content (AvgIpc) is 1.65. The molecule has 0 bridgehead atoms. The molecule has 0 amide bonds. The maximum atomic E-state index is 8.17. The number of aliphatic hydroxyl groups excluding tert-OH is 3. The summed E-state index contributed by atoms with van der Waals surface area (Å²) in [5, 5.41) is 24.0. The van der Waals surface area contributed by atoms with Crippen LogP contribution in [0.4, 0.5) is 0 Å². The van der Waals surface area contributed by atoms with Gasteiger partial charge in [-0.3, -0.25) is 0 Å². The SMILES string of the molecule is OCC(O)CO.[Co].[Ni].[Zn]. The molecule has 0 aromatic rings. The number of hydrogen-bond acceptors (Lipinski definition) is 3. The third-order valence-corrected chi connectivity index (χ3v) is 0.421. The number of aliphatic hydroxyl groups is 3. The zero-order valence-corrected chi connectivity index (χ0v) is 9.69. The van der Waals surface area contributed by atoms with Crippen LogP contribution in [0.25, 0.3) is 0 Å². The molecule has 0 unspecified atom stereocenters. The molecule has 3 nitrogen and oxygen atoms in total. The summed E-state index contributed by atoms with van der Waals surface area (Å²) in [7, 11) is 0. The second-order valence-corrected chi connectivity index (χ2v) is 1.02. The van der Waals surface area contributed by atoms with Crippen LogP contribution in [0.5, 0.6) is 0 Å². The van der Waals surface area contributed by atoms with Crippen LogP contribution in [0.3, 0.4) is 0 Å². The second kappa shape index (κ2) is 16.2. The van der Waals surface area contributed by atoms with Crippen molar-refractivity contribution in [3.8, 4) is 0 Å². The van der Waals surface area contributed by atoms with Crippen LogP contribution in [0.1, 0.15) is 0 Å². The van der Waals surface area contributed by atoms with E-state index in [0.29, 0.717) is 0 Å². The van der Waals surface area contributed by atoms with Crippen molar-refractivity contribution in [3.05, 3.63) is 0 Å². The summed E-state index contributed by atoms with van der Waals surface area (Å²) >= 11 is 0. The number of hydrogen-bond donors (Lipinski definition) is 3. The first-order valence-electron chi connectivity index (χ1n) is 1.71. The van der Waals surface area contributed by atoms with Gasteiger partial charge in [0.1, 0.15) is 6.10 Å². The molecular weight excluding hydrogens is 267 g/mol. The predicted octanol–water partition coefficient (Wildman–Crippen LogP) is -1.68. The van der Waals surface area contributed by atoms with Gasteiger partial charge in [0, 0.05) is 52.7 Å². The van der Waals surface area contributed by atoms with E-state index < -0.39 is 6.10 Å². The maximum absolute atomic E-state index is 8.17. The smallest absolute Gasteiger partial charge is 0.100 e. The van der Waals surface area contributed by atoms with Crippen LogP contribution in [0.15, 0.2) is 0 Å².